The molecule has 0 aliphatic carbocycles. The zero-order valence-corrected chi connectivity index (χ0v) is 12.8. The molecule has 1 aromatic carbocycles. The van der Waals surface area contributed by atoms with Gasteiger partial charge in [0, 0.05) is 20.8 Å². The Morgan fingerprint density at radius 2 is 1.81 bits per heavy atom. The molecule has 16 heavy (non-hydrogen) atoms. The molecule has 2 aromatic rings. The summed E-state index contributed by atoms with van der Waals surface area (Å²) < 4.78 is 2.90. The number of pyridine rings is 1. The molecular formula is C11H7Br3N2. The highest BCUT2D eigenvalue weighted by Gasteiger charge is 2.02. The van der Waals surface area contributed by atoms with E-state index in [4.69, 9.17) is 0 Å². The van der Waals surface area contributed by atoms with E-state index in [2.05, 4.69) is 58.1 Å². The molecule has 0 fully saturated rings. The Labute approximate surface area is 119 Å². The van der Waals surface area contributed by atoms with Crippen LogP contribution in [0.15, 0.2) is 49.9 Å². The number of hydrogen-bond acceptors (Lipinski definition) is 2. The first kappa shape index (κ1) is 12.1. The molecule has 0 unspecified atom stereocenters. The summed E-state index contributed by atoms with van der Waals surface area (Å²) in [5.41, 5.74) is 0.991. The summed E-state index contributed by atoms with van der Waals surface area (Å²) in [5, 5.41) is 3.23. The molecule has 0 atom stereocenters. The van der Waals surface area contributed by atoms with E-state index >= 15 is 0 Å². The van der Waals surface area contributed by atoms with Crippen LogP contribution in [0.25, 0.3) is 0 Å². The fourth-order valence-electron chi connectivity index (χ4n) is 1.21. The third kappa shape index (κ3) is 3.06. The van der Waals surface area contributed by atoms with E-state index in [-0.39, 0.29) is 0 Å². The van der Waals surface area contributed by atoms with Gasteiger partial charge >= 0.3 is 0 Å². The van der Waals surface area contributed by atoms with Crippen molar-refractivity contribution in [2.45, 2.75) is 0 Å². The van der Waals surface area contributed by atoms with Crippen LogP contribution in [0.2, 0.25) is 0 Å². The van der Waals surface area contributed by atoms with Gasteiger partial charge in [-0.3, -0.25) is 0 Å². The summed E-state index contributed by atoms with van der Waals surface area (Å²) in [6.45, 7) is 0. The van der Waals surface area contributed by atoms with Crippen LogP contribution in [0.3, 0.4) is 0 Å². The van der Waals surface area contributed by atoms with Gasteiger partial charge in [-0.15, -0.1) is 0 Å². The second-order valence-electron chi connectivity index (χ2n) is 3.12. The largest absolute Gasteiger partial charge is 0.339 e. The zero-order chi connectivity index (χ0) is 11.5. The normalized spacial score (nSPS) is 10.2. The lowest BCUT2D eigenvalue weighted by molar-refractivity contribution is 1.27. The predicted octanol–water partition coefficient (Wildman–Crippen LogP) is 5.11. The van der Waals surface area contributed by atoms with Crippen molar-refractivity contribution in [3.8, 4) is 0 Å². The Kier molecular flexibility index (Phi) is 4.00. The minimum atomic E-state index is 0.793. The van der Waals surface area contributed by atoms with E-state index in [1.165, 1.54) is 0 Å². The first-order chi connectivity index (χ1) is 7.65. The van der Waals surface area contributed by atoms with E-state index in [9.17, 15) is 0 Å². The van der Waals surface area contributed by atoms with E-state index in [0.29, 0.717) is 0 Å². The van der Waals surface area contributed by atoms with E-state index in [1.54, 1.807) is 6.20 Å². The molecule has 0 aliphatic rings. The van der Waals surface area contributed by atoms with Gasteiger partial charge in [0.15, 0.2) is 0 Å². The number of rotatable bonds is 2. The third-order valence-electron chi connectivity index (χ3n) is 1.90. The summed E-state index contributed by atoms with van der Waals surface area (Å²) >= 11 is 10.2. The molecule has 1 aromatic heterocycles. The van der Waals surface area contributed by atoms with Gasteiger partial charge in [0.1, 0.15) is 5.82 Å². The van der Waals surface area contributed by atoms with Crippen molar-refractivity contribution < 1.29 is 0 Å². The van der Waals surface area contributed by atoms with Crippen molar-refractivity contribution >= 4 is 59.3 Å². The number of hydrogen-bond donors (Lipinski definition) is 1. The second-order valence-corrected chi connectivity index (χ2v) is 5.81. The van der Waals surface area contributed by atoms with Crippen LogP contribution in [0.5, 0.6) is 0 Å². The van der Waals surface area contributed by atoms with E-state index in [0.717, 1.165) is 24.9 Å². The predicted molar refractivity (Wildman–Crippen MR) is 77.1 cm³/mol. The zero-order valence-electron chi connectivity index (χ0n) is 8.05. The molecule has 0 saturated heterocycles. The van der Waals surface area contributed by atoms with Crippen molar-refractivity contribution in [1.82, 2.24) is 4.98 Å². The van der Waals surface area contributed by atoms with Gasteiger partial charge in [-0.25, -0.2) is 4.98 Å². The van der Waals surface area contributed by atoms with Crippen molar-refractivity contribution in [2.24, 2.45) is 0 Å². The summed E-state index contributed by atoms with van der Waals surface area (Å²) in [6.07, 6.45) is 1.76. The molecule has 0 aliphatic heterocycles. The van der Waals surface area contributed by atoms with Crippen molar-refractivity contribution in [2.75, 3.05) is 5.32 Å². The standard InChI is InChI=1S/C11H7Br3N2/c12-7-2-1-3-9(4-7)16-11-10(14)5-8(13)6-15-11/h1-6H,(H,15,16). The summed E-state index contributed by atoms with van der Waals surface area (Å²) in [6, 6.07) is 9.89. The lowest BCUT2D eigenvalue weighted by atomic mass is 10.3. The maximum atomic E-state index is 4.28. The number of nitrogens with zero attached hydrogens (tertiary/aromatic N) is 1. The molecule has 1 N–H and O–H groups in total. The average Bonchev–Trinajstić information content (AvgIpc) is 2.22. The van der Waals surface area contributed by atoms with E-state index < -0.39 is 0 Å². The minimum absolute atomic E-state index is 0.793. The molecule has 0 amide bonds. The lowest BCUT2D eigenvalue weighted by Gasteiger charge is -2.07. The molecule has 1 heterocycles. The highest BCUT2D eigenvalue weighted by molar-refractivity contribution is 9.11. The highest BCUT2D eigenvalue weighted by Crippen LogP contribution is 2.27. The molecule has 82 valence electrons. The number of halogens is 3. The average molecular weight is 407 g/mol. The van der Waals surface area contributed by atoms with Gasteiger partial charge in [-0.05, 0) is 56.1 Å². The van der Waals surface area contributed by atoms with Crippen LogP contribution in [0.4, 0.5) is 11.5 Å². The molecule has 0 bridgehead atoms. The Morgan fingerprint density at radius 3 is 2.50 bits per heavy atom. The third-order valence-corrected chi connectivity index (χ3v) is 3.43. The first-order valence-corrected chi connectivity index (χ1v) is 6.87. The van der Waals surface area contributed by atoms with Crippen molar-refractivity contribution in [1.29, 1.82) is 0 Å². The van der Waals surface area contributed by atoms with Gasteiger partial charge in [-0.2, -0.15) is 0 Å². The van der Waals surface area contributed by atoms with Crippen LogP contribution in [-0.4, -0.2) is 4.98 Å². The maximum absolute atomic E-state index is 4.28. The van der Waals surface area contributed by atoms with Gasteiger partial charge < -0.3 is 5.32 Å². The Hall–Kier alpha value is -0.390. The highest BCUT2D eigenvalue weighted by atomic mass is 79.9. The molecule has 5 heteroatoms. The smallest absolute Gasteiger partial charge is 0.144 e. The fourth-order valence-corrected chi connectivity index (χ4v) is 2.70. The molecule has 0 spiro atoms. The molecule has 2 nitrogen and oxygen atoms in total. The molecule has 0 radical (unpaired) electrons. The van der Waals surface area contributed by atoms with E-state index in [1.807, 2.05) is 30.3 Å². The molecule has 0 saturated carbocycles. The number of benzene rings is 1. The topological polar surface area (TPSA) is 24.9 Å². The Morgan fingerprint density at radius 1 is 1.00 bits per heavy atom. The van der Waals surface area contributed by atoms with Crippen LogP contribution in [-0.2, 0) is 0 Å². The number of aromatic nitrogens is 1. The monoisotopic (exact) mass is 404 g/mol. The van der Waals surface area contributed by atoms with Crippen molar-refractivity contribution in [3.05, 3.63) is 49.9 Å². The number of anilines is 2. The van der Waals surface area contributed by atoms with Gasteiger partial charge in [0.25, 0.3) is 0 Å². The maximum Gasteiger partial charge on any atom is 0.144 e. The minimum Gasteiger partial charge on any atom is -0.339 e. The molecule has 2 rings (SSSR count). The summed E-state index contributed by atoms with van der Waals surface area (Å²) in [7, 11) is 0. The lowest BCUT2D eigenvalue weighted by Crippen LogP contribution is -1.94. The summed E-state index contributed by atoms with van der Waals surface area (Å²) in [4.78, 5) is 4.28. The van der Waals surface area contributed by atoms with Crippen molar-refractivity contribution in [3.63, 3.8) is 0 Å². The van der Waals surface area contributed by atoms with Crippen LogP contribution in [0, 0.1) is 0 Å². The SMILES string of the molecule is Brc1cccc(Nc2ncc(Br)cc2Br)c1. The first-order valence-electron chi connectivity index (χ1n) is 4.49. The second kappa shape index (κ2) is 5.29. The van der Waals surface area contributed by atoms with Crippen LogP contribution < -0.4 is 5.32 Å². The summed E-state index contributed by atoms with van der Waals surface area (Å²) in [5.74, 6) is 0.793. The fraction of sp³-hybridized carbons (Fsp3) is 0. The Bertz CT molecular complexity index is 514. The number of nitrogens with one attached hydrogen (secondary N) is 1. The van der Waals surface area contributed by atoms with Gasteiger partial charge in [0.05, 0.1) is 4.47 Å². The van der Waals surface area contributed by atoms with Crippen LogP contribution >= 0.6 is 47.8 Å². The quantitative estimate of drug-likeness (QED) is 0.749. The molecular weight excluding hydrogens is 400 g/mol. The Balaban J connectivity index is 2.27. The van der Waals surface area contributed by atoms with Crippen LogP contribution in [0.1, 0.15) is 0 Å². The van der Waals surface area contributed by atoms with Gasteiger partial charge in [0.2, 0.25) is 0 Å². The van der Waals surface area contributed by atoms with Gasteiger partial charge in [-0.1, -0.05) is 22.0 Å².